The zero-order valence-electron chi connectivity index (χ0n) is 13.7. The molecule has 7 heteroatoms. The summed E-state index contributed by atoms with van der Waals surface area (Å²) in [5.74, 6) is 0.381. The summed E-state index contributed by atoms with van der Waals surface area (Å²) in [5, 5.41) is 18.4. The van der Waals surface area contributed by atoms with E-state index in [1.165, 1.54) is 6.07 Å². The van der Waals surface area contributed by atoms with Crippen LogP contribution in [0.15, 0.2) is 53.2 Å². The van der Waals surface area contributed by atoms with E-state index < -0.39 is 4.92 Å². The molecule has 0 aliphatic heterocycles. The van der Waals surface area contributed by atoms with E-state index >= 15 is 0 Å². The minimum Gasteiger partial charge on any atom is -0.326 e. The molecule has 0 amide bonds. The number of hydrogen-bond acceptors (Lipinski definition) is 4. The molecule has 126 valence electrons. The maximum atomic E-state index is 11.0. The number of para-hydroxylation sites is 2. The van der Waals surface area contributed by atoms with Crippen LogP contribution in [-0.4, -0.2) is 15.7 Å². The number of nitrogens with one attached hydrogen (secondary N) is 2. The van der Waals surface area contributed by atoms with Gasteiger partial charge in [0, 0.05) is 6.07 Å². The number of nitro groups is 1. The molecule has 0 radical (unpaired) electrons. The molecule has 1 aromatic rings. The highest BCUT2D eigenvalue weighted by atomic mass is 32.1. The number of rotatable bonds is 4. The molecule has 0 unspecified atom stereocenters. The molecule has 0 heterocycles. The molecule has 0 bridgehead atoms. The SMILES string of the molecule is C=C(C)[C@H]1CC=C(C)C(=NNC(=S)Nc2ccccc2[N+](=O)[O-])C1. The summed E-state index contributed by atoms with van der Waals surface area (Å²) in [6.45, 7) is 8.04. The Morgan fingerprint density at radius 2 is 2.17 bits per heavy atom. The van der Waals surface area contributed by atoms with Crippen molar-refractivity contribution in [1.29, 1.82) is 0 Å². The molecule has 1 aliphatic carbocycles. The number of hydrogen-bond donors (Lipinski definition) is 2. The molecule has 24 heavy (non-hydrogen) atoms. The van der Waals surface area contributed by atoms with Crippen LogP contribution in [0.2, 0.25) is 0 Å². The third-order valence-corrected chi connectivity index (χ3v) is 4.14. The summed E-state index contributed by atoms with van der Waals surface area (Å²) in [7, 11) is 0. The Hall–Kier alpha value is -2.54. The molecule has 0 saturated heterocycles. The fourth-order valence-corrected chi connectivity index (χ4v) is 2.59. The van der Waals surface area contributed by atoms with Gasteiger partial charge in [-0.05, 0) is 56.5 Å². The highest BCUT2D eigenvalue weighted by Crippen LogP contribution is 2.26. The lowest BCUT2D eigenvalue weighted by atomic mass is 9.85. The maximum absolute atomic E-state index is 11.0. The predicted molar refractivity (Wildman–Crippen MR) is 101 cm³/mol. The fourth-order valence-electron chi connectivity index (χ4n) is 2.43. The third kappa shape index (κ3) is 4.48. The molecule has 1 aliphatic rings. The van der Waals surface area contributed by atoms with Crippen LogP contribution in [-0.2, 0) is 0 Å². The van der Waals surface area contributed by atoms with Gasteiger partial charge in [-0.3, -0.25) is 15.5 Å². The molecule has 1 atom stereocenters. The summed E-state index contributed by atoms with van der Waals surface area (Å²) in [6, 6.07) is 6.33. The first-order chi connectivity index (χ1) is 11.4. The van der Waals surface area contributed by atoms with Gasteiger partial charge in [-0.1, -0.05) is 30.4 Å². The Balaban J connectivity index is 2.05. The second-order valence-electron chi connectivity index (χ2n) is 5.77. The van der Waals surface area contributed by atoms with Crippen LogP contribution in [0.25, 0.3) is 0 Å². The lowest BCUT2D eigenvalue weighted by molar-refractivity contribution is -0.383. The number of benzene rings is 1. The predicted octanol–water partition coefficient (Wildman–Crippen LogP) is 4.17. The number of anilines is 1. The number of thiocarbonyl (C=S) groups is 1. The highest BCUT2D eigenvalue weighted by molar-refractivity contribution is 7.80. The minimum atomic E-state index is -0.456. The van der Waals surface area contributed by atoms with Crippen molar-refractivity contribution >= 4 is 34.4 Å². The van der Waals surface area contributed by atoms with Crippen molar-refractivity contribution in [2.75, 3.05) is 5.32 Å². The standard InChI is InChI=1S/C17H20N4O2S/c1-11(2)13-9-8-12(3)15(10-13)19-20-17(24)18-14-6-4-5-7-16(14)21(22)23/h4-8,13H,1,9-10H2,2-3H3,(H2,18,20,24)/t13-/m0/s1. The Kier molecular flexibility index (Phi) is 5.81. The molecule has 0 fully saturated rings. The van der Waals surface area contributed by atoms with Gasteiger partial charge in [0.05, 0.1) is 10.6 Å². The number of nitrogens with zero attached hydrogens (tertiary/aromatic N) is 2. The van der Waals surface area contributed by atoms with E-state index in [1.54, 1.807) is 18.2 Å². The first-order valence-electron chi connectivity index (χ1n) is 7.58. The summed E-state index contributed by atoms with van der Waals surface area (Å²) < 4.78 is 0. The van der Waals surface area contributed by atoms with Crippen molar-refractivity contribution in [3.63, 3.8) is 0 Å². The van der Waals surface area contributed by atoms with Gasteiger partial charge in [0.1, 0.15) is 5.69 Å². The average Bonchev–Trinajstić information content (AvgIpc) is 2.54. The topological polar surface area (TPSA) is 79.6 Å². The second kappa shape index (κ2) is 7.83. The smallest absolute Gasteiger partial charge is 0.292 e. The maximum Gasteiger partial charge on any atom is 0.292 e. The summed E-state index contributed by atoms with van der Waals surface area (Å²) in [6.07, 6.45) is 3.92. The Morgan fingerprint density at radius 1 is 1.46 bits per heavy atom. The first-order valence-corrected chi connectivity index (χ1v) is 7.98. The fraction of sp³-hybridized carbons (Fsp3) is 0.294. The van der Waals surface area contributed by atoms with Crippen LogP contribution in [0.1, 0.15) is 26.7 Å². The van der Waals surface area contributed by atoms with E-state index in [0.717, 1.165) is 29.7 Å². The van der Waals surface area contributed by atoms with Crippen molar-refractivity contribution in [3.8, 4) is 0 Å². The van der Waals surface area contributed by atoms with Gasteiger partial charge in [0.2, 0.25) is 0 Å². The van der Waals surface area contributed by atoms with E-state index in [0.29, 0.717) is 11.6 Å². The van der Waals surface area contributed by atoms with E-state index in [4.69, 9.17) is 12.2 Å². The van der Waals surface area contributed by atoms with Gasteiger partial charge in [-0.15, -0.1) is 0 Å². The number of hydrazone groups is 1. The summed E-state index contributed by atoms with van der Waals surface area (Å²) in [5.41, 5.74) is 6.22. The van der Waals surface area contributed by atoms with Gasteiger partial charge in [-0.2, -0.15) is 5.10 Å². The quantitative estimate of drug-likeness (QED) is 0.371. The molecule has 0 saturated carbocycles. The average molecular weight is 344 g/mol. The van der Waals surface area contributed by atoms with Crippen LogP contribution >= 0.6 is 12.2 Å². The van der Waals surface area contributed by atoms with E-state index in [2.05, 4.69) is 28.5 Å². The van der Waals surface area contributed by atoms with Crippen LogP contribution in [0.3, 0.4) is 0 Å². The van der Waals surface area contributed by atoms with Gasteiger partial charge in [-0.25, -0.2) is 0 Å². The summed E-state index contributed by atoms with van der Waals surface area (Å²) in [4.78, 5) is 10.6. The Morgan fingerprint density at radius 3 is 2.83 bits per heavy atom. The van der Waals surface area contributed by atoms with Crippen LogP contribution in [0.4, 0.5) is 11.4 Å². The normalized spacial score (nSPS) is 18.7. The van der Waals surface area contributed by atoms with Crippen molar-refractivity contribution in [1.82, 2.24) is 5.43 Å². The highest BCUT2D eigenvalue weighted by Gasteiger charge is 2.19. The molecular weight excluding hydrogens is 324 g/mol. The molecule has 2 N–H and O–H groups in total. The first kappa shape index (κ1) is 17.8. The zero-order valence-corrected chi connectivity index (χ0v) is 14.5. The lowest BCUT2D eigenvalue weighted by Gasteiger charge is -2.22. The van der Waals surface area contributed by atoms with Crippen molar-refractivity contribution < 1.29 is 4.92 Å². The van der Waals surface area contributed by atoms with Gasteiger partial charge < -0.3 is 5.32 Å². The molecule has 6 nitrogen and oxygen atoms in total. The van der Waals surface area contributed by atoms with Crippen LogP contribution in [0, 0.1) is 16.0 Å². The lowest BCUT2D eigenvalue weighted by Crippen LogP contribution is -2.27. The third-order valence-electron chi connectivity index (χ3n) is 3.94. The largest absolute Gasteiger partial charge is 0.326 e. The number of allylic oxidation sites excluding steroid dienone is 3. The number of nitro benzene ring substituents is 1. The van der Waals surface area contributed by atoms with E-state index in [9.17, 15) is 10.1 Å². The zero-order chi connectivity index (χ0) is 17.7. The van der Waals surface area contributed by atoms with E-state index in [-0.39, 0.29) is 10.8 Å². The van der Waals surface area contributed by atoms with Crippen molar-refractivity contribution in [2.24, 2.45) is 11.0 Å². The van der Waals surface area contributed by atoms with E-state index in [1.807, 2.05) is 13.8 Å². The second-order valence-corrected chi connectivity index (χ2v) is 6.18. The Bertz CT molecular complexity index is 740. The molecular formula is C17H20N4O2S. The van der Waals surface area contributed by atoms with Gasteiger partial charge in [0.25, 0.3) is 5.69 Å². The minimum absolute atomic E-state index is 0.0367. The van der Waals surface area contributed by atoms with Crippen LogP contribution in [0.5, 0.6) is 0 Å². The Labute approximate surface area is 146 Å². The molecule has 0 spiro atoms. The monoisotopic (exact) mass is 344 g/mol. The molecule has 1 aromatic carbocycles. The van der Waals surface area contributed by atoms with Crippen molar-refractivity contribution in [3.05, 3.63) is 58.2 Å². The molecule has 0 aromatic heterocycles. The van der Waals surface area contributed by atoms with Crippen LogP contribution < -0.4 is 10.7 Å². The summed E-state index contributed by atoms with van der Waals surface area (Å²) >= 11 is 5.18. The molecule has 2 rings (SSSR count). The van der Waals surface area contributed by atoms with Gasteiger partial charge >= 0.3 is 0 Å². The van der Waals surface area contributed by atoms with Gasteiger partial charge in [0.15, 0.2) is 5.11 Å². The van der Waals surface area contributed by atoms with Crippen molar-refractivity contribution in [2.45, 2.75) is 26.7 Å².